The number of carbonyl (C=O) groups excluding carboxylic acids is 1. The summed E-state index contributed by atoms with van der Waals surface area (Å²) in [5.74, 6) is 0.916. The van der Waals surface area contributed by atoms with Gasteiger partial charge < -0.3 is 5.32 Å². The fourth-order valence-corrected chi connectivity index (χ4v) is 6.00. The molecule has 6 nitrogen and oxygen atoms in total. The number of benzene rings is 2. The number of rotatable bonds is 7. The van der Waals surface area contributed by atoms with Gasteiger partial charge in [0.2, 0.25) is 5.91 Å². The molecule has 7 heteroatoms. The second kappa shape index (κ2) is 10.8. The highest BCUT2D eigenvalue weighted by Crippen LogP contribution is 2.24. The van der Waals surface area contributed by atoms with Crippen LogP contribution >= 0.6 is 0 Å². The molecule has 2 heterocycles. The minimum Gasteiger partial charge on any atom is -0.350 e. The Bertz CT molecular complexity index is 1020. The van der Waals surface area contributed by atoms with E-state index in [-0.39, 0.29) is 17.4 Å². The molecule has 1 amide bonds. The van der Waals surface area contributed by atoms with Crippen LogP contribution in [0.1, 0.15) is 42.5 Å². The summed E-state index contributed by atoms with van der Waals surface area (Å²) < 4.78 is 23.8. The van der Waals surface area contributed by atoms with E-state index >= 15 is 0 Å². The van der Waals surface area contributed by atoms with Gasteiger partial charge in [0, 0.05) is 26.2 Å². The molecule has 33 heavy (non-hydrogen) atoms. The van der Waals surface area contributed by atoms with E-state index in [2.05, 4.69) is 35.3 Å². The monoisotopic (exact) mass is 469 g/mol. The first-order valence-corrected chi connectivity index (χ1v) is 13.8. The normalized spacial score (nSPS) is 20.9. The van der Waals surface area contributed by atoms with Gasteiger partial charge in [-0.15, -0.1) is 0 Å². The number of sulfone groups is 1. The summed E-state index contributed by atoms with van der Waals surface area (Å²) in [4.78, 5) is 17.9. The van der Waals surface area contributed by atoms with E-state index < -0.39 is 15.9 Å². The van der Waals surface area contributed by atoms with Gasteiger partial charge in [-0.25, -0.2) is 8.42 Å². The summed E-state index contributed by atoms with van der Waals surface area (Å²) in [5, 5.41) is 3.15. The van der Waals surface area contributed by atoms with E-state index in [0.717, 1.165) is 36.7 Å². The molecule has 0 bridgehead atoms. The van der Waals surface area contributed by atoms with Crippen molar-refractivity contribution in [2.24, 2.45) is 5.92 Å². The average molecular weight is 470 g/mol. The Balaban J connectivity index is 1.45. The first-order valence-electron chi connectivity index (χ1n) is 12.0. The predicted octanol–water partition coefficient (Wildman–Crippen LogP) is 3.01. The number of hydrogen-bond donors (Lipinski definition) is 1. The Morgan fingerprint density at radius 3 is 2.21 bits per heavy atom. The van der Waals surface area contributed by atoms with Crippen LogP contribution in [0.4, 0.5) is 0 Å². The van der Waals surface area contributed by atoms with Crippen LogP contribution in [0.15, 0.2) is 54.6 Å². The third kappa shape index (κ3) is 6.43. The van der Waals surface area contributed by atoms with E-state index in [0.29, 0.717) is 19.6 Å². The van der Waals surface area contributed by atoms with Crippen LogP contribution < -0.4 is 5.32 Å². The van der Waals surface area contributed by atoms with Crippen molar-refractivity contribution in [2.45, 2.75) is 38.9 Å². The first kappa shape index (κ1) is 23.9. The van der Waals surface area contributed by atoms with Crippen molar-refractivity contribution in [3.05, 3.63) is 71.3 Å². The number of nitrogens with zero attached hydrogens (tertiary/aromatic N) is 2. The Morgan fingerprint density at radius 1 is 0.939 bits per heavy atom. The van der Waals surface area contributed by atoms with Crippen LogP contribution in [0, 0.1) is 5.92 Å². The van der Waals surface area contributed by atoms with E-state index in [4.69, 9.17) is 0 Å². The molecule has 2 aromatic carbocycles. The first-order chi connectivity index (χ1) is 15.9. The van der Waals surface area contributed by atoms with Gasteiger partial charge in [0.1, 0.15) is 6.04 Å². The lowest BCUT2D eigenvalue weighted by Crippen LogP contribution is -2.47. The lowest BCUT2D eigenvalue weighted by atomic mass is 9.98. The van der Waals surface area contributed by atoms with Crippen LogP contribution in [0.5, 0.6) is 0 Å². The van der Waals surface area contributed by atoms with Crippen molar-refractivity contribution in [1.82, 2.24) is 15.1 Å². The molecule has 0 radical (unpaired) electrons. The van der Waals surface area contributed by atoms with Crippen molar-refractivity contribution < 1.29 is 13.2 Å². The van der Waals surface area contributed by atoms with Gasteiger partial charge in [0.05, 0.1) is 11.5 Å². The lowest BCUT2D eigenvalue weighted by Gasteiger charge is -2.34. The second-order valence-electron chi connectivity index (χ2n) is 9.45. The molecule has 1 unspecified atom stereocenters. The van der Waals surface area contributed by atoms with E-state index in [9.17, 15) is 13.2 Å². The third-order valence-electron chi connectivity index (χ3n) is 6.95. The smallest absolute Gasteiger partial charge is 0.242 e. The number of likely N-dealkylation sites (tertiary alicyclic amines) is 1. The summed E-state index contributed by atoms with van der Waals surface area (Å²) in [6.07, 6.45) is 2.48. The maximum atomic E-state index is 13.4. The Labute approximate surface area is 197 Å². The molecule has 0 saturated carbocycles. The third-order valence-corrected chi connectivity index (χ3v) is 8.56. The van der Waals surface area contributed by atoms with Gasteiger partial charge in [0.15, 0.2) is 9.84 Å². The molecule has 0 aliphatic carbocycles. The summed E-state index contributed by atoms with van der Waals surface area (Å²) in [7, 11) is -3.01. The number of piperidine rings is 1. The molecule has 178 valence electrons. The SMILES string of the molecule is CC1CCN(Cc2ccccc2CNC(=O)C(c2ccccc2)N2CCS(=O)(=O)CC2)CC1. The highest BCUT2D eigenvalue weighted by Gasteiger charge is 2.32. The van der Waals surface area contributed by atoms with Crippen LogP contribution in [0.3, 0.4) is 0 Å². The predicted molar refractivity (Wildman–Crippen MR) is 131 cm³/mol. The molecule has 0 spiro atoms. The number of hydrogen-bond acceptors (Lipinski definition) is 5. The van der Waals surface area contributed by atoms with E-state index in [1.165, 1.54) is 18.4 Å². The minimum atomic E-state index is -3.01. The Hall–Kier alpha value is -2.22. The fraction of sp³-hybridized carbons (Fsp3) is 0.500. The fourth-order valence-electron chi connectivity index (χ4n) is 4.77. The van der Waals surface area contributed by atoms with Crippen LogP contribution in [0.2, 0.25) is 0 Å². The molecule has 2 aliphatic rings. The largest absolute Gasteiger partial charge is 0.350 e. The van der Waals surface area contributed by atoms with Crippen molar-refractivity contribution in [3.63, 3.8) is 0 Å². The maximum absolute atomic E-state index is 13.4. The van der Waals surface area contributed by atoms with Gasteiger partial charge >= 0.3 is 0 Å². The highest BCUT2D eigenvalue weighted by molar-refractivity contribution is 7.91. The zero-order valence-corrected chi connectivity index (χ0v) is 20.3. The summed E-state index contributed by atoms with van der Waals surface area (Å²) in [6, 6.07) is 17.5. The van der Waals surface area contributed by atoms with E-state index in [1.54, 1.807) is 0 Å². The Morgan fingerprint density at radius 2 is 1.55 bits per heavy atom. The van der Waals surface area contributed by atoms with Gasteiger partial charge in [-0.05, 0) is 48.5 Å². The van der Waals surface area contributed by atoms with Gasteiger partial charge in [-0.3, -0.25) is 14.6 Å². The molecule has 1 N–H and O–H groups in total. The molecule has 2 aliphatic heterocycles. The zero-order valence-electron chi connectivity index (χ0n) is 19.4. The van der Waals surface area contributed by atoms with Gasteiger partial charge in [0.25, 0.3) is 0 Å². The Kier molecular flexibility index (Phi) is 7.83. The average Bonchev–Trinajstić information content (AvgIpc) is 2.82. The molecule has 2 aromatic rings. The zero-order chi connectivity index (χ0) is 23.3. The second-order valence-corrected chi connectivity index (χ2v) is 11.7. The number of carbonyl (C=O) groups is 1. The summed E-state index contributed by atoms with van der Waals surface area (Å²) in [5.41, 5.74) is 3.29. The van der Waals surface area contributed by atoms with Crippen LogP contribution in [-0.4, -0.2) is 61.8 Å². The van der Waals surface area contributed by atoms with Gasteiger partial charge in [-0.2, -0.15) is 0 Å². The van der Waals surface area contributed by atoms with E-state index in [1.807, 2.05) is 41.3 Å². The molecule has 4 rings (SSSR count). The standard InChI is InChI=1S/C26H35N3O3S/c1-21-11-13-28(14-12-21)20-24-10-6-5-9-23(24)19-27-26(30)25(22-7-3-2-4-8-22)29-15-17-33(31,32)18-16-29/h2-10,21,25H,11-20H2,1H3,(H,27,30). The summed E-state index contributed by atoms with van der Waals surface area (Å²) >= 11 is 0. The van der Waals surface area contributed by atoms with Crippen LogP contribution in [0.25, 0.3) is 0 Å². The van der Waals surface area contributed by atoms with Crippen molar-refractivity contribution in [2.75, 3.05) is 37.7 Å². The molecule has 0 aromatic heterocycles. The molecular formula is C26H35N3O3S. The molecular weight excluding hydrogens is 434 g/mol. The topological polar surface area (TPSA) is 69.7 Å². The van der Waals surface area contributed by atoms with Crippen molar-refractivity contribution >= 4 is 15.7 Å². The lowest BCUT2D eigenvalue weighted by molar-refractivity contribution is -0.126. The molecule has 2 saturated heterocycles. The molecule has 1 atom stereocenters. The maximum Gasteiger partial charge on any atom is 0.242 e. The van der Waals surface area contributed by atoms with Gasteiger partial charge in [-0.1, -0.05) is 61.5 Å². The molecule has 2 fully saturated rings. The minimum absolute atomic E-state index is 0.0814. The van der Waals surface area contributed by atoms with Crippen molar-refractivity contribution in [1.29, 1.82) is 0 Å². The quantitative estimate of drug-likeness (QED) is 0.675. The van der Waals surface area contributed by atoms with Crippen molar-refractivity contribution in [3.8, 4) is 0 Å². The summed E-state index contributed by atoms with van der Waals surface area (Å²) in [6.45, 7) is 6.69. The highest BCUT2D eigenvalue weighted by atomic mass is 32.2. The number of amides is 1. The van der Waals surface area contributed by atoms with Crippen LogP contribution in [-0.2, 0) is 27.7 Å². The number of nitrogens with one attached hydrogen (secondary N) is 1.